The Morgan fingerprint density at radius 1 is 1.14 bits per heavy atom. The Labute approximate surface area is 149 Å². The molecule has 2 atom stereocenters. The lowest BCUT2D eigenvalue weighted by atomic mass is 10.1. The van der Waals surface area contributed by atoms with Gasteiger partial charge in [0.2, 0.25) is 5.12 Å². The summed E-state index contributed by atoms with van der Waals surface area (Å²) in [5, 5.41) is -0.113. The van der Waals surface area contributed by atoms with Gasteiger partial charge in [0, 0.05) is 0 Å². The molecule has 2 fully saturated rings. The van der Waals surface area contributed by atoms with E-state index >= 15 is 0 Å². The maximum Gasteiger partial charge on any atom is 0.416 e. The molecule has 2 unspecified atom stereocenters. The van der Waals surface area contributed by atoms with E-state index in [4.69, 9.17) is 58.0 Å². The predicted octanol–water partition coefficient (Wildman–Crippen LogP) is 5.81. The molecule has 2 nitrogen and oxygen atoms in total. The average molecular weight is 414 g/mol. The van der Waals surface area contributed by atoms with Crippen LogP contribution in [-0.2, 0) is 6.18 Å². The molecule has 1 saturated carbocycles. The monoisotopic (exact) mass is 412 g/mol. The van der Waals surface area contributed by atoms with Crippen LogP contribution in [0, 0.1) is 5.41 Å². The van der Waals surface area contributed by atoms with Crippen molar-refractivity contribution in [2.75, 3.05) is 5.01 Å². The normalized spacial score (nSPS) is 33.0. The molecule has 1 aliphatic carbocycles. The third kappa shape index (κ3) is 2.28. The molecule has 0 radical (unpaired) electrons. The molecule has 1 aromatic carbocycles. The van der Waals surface area contributed by atoms with Gasteiger partial charge in [-0.3, -0.25) is 5.01 Å². The Kier molecular flexibility index (Phi) is 3.60. The summed E-state index contributed by atoms with van der Waals surface area (Å²) in [5.41, 5.74) is 1.37. The number of anilines is 1. The van der Waals surface area contributed by atoms with Crippen LogP contribution in [0.25, 0.3) is 0 Å². The first-order valence-corrected chi connectivity index (χ1v) is 7.93. The van der Waals surface area contributed by atoms with E-state index in [2.05, 4.69) is 5.43 Å². The van der Waals surface area contributed by atoms with Crippen molar-refractivity contribution in [3.05, 3.63) is 27.7 Å². The first kappa shape index (κ1) is 17.1. The van der Waals surface area contributed by atoms with Crippen LogP contribution in [0.15, 0.2) is 12.1 Å². The largest absolute Gasteiger partial charge is 0.416 e. The van der Waals surface area contributed by atoms with Gasteiger partial charge in [-0.1, -0.05) is 41.7 Å². The SMILES string of the molecule is CC1(C2(Cl)NN2c2c(Cl)cc(C(F)(F)F)cc2Cl)CC1(Cl)Cl. The Balaban J connectivity index is 1.96. The Hall–Kier alpha value is 0.220. The molecular weight excluding hydrogens is 406 g/mol. The number of rotatable bonds is 2. The van der Waals surface area contributed by atoms with Gasteiger partial charge in [0.25, 0.3) is 0 Å². The van der Waals surface area contributed by atoms with Crippen molar-refractivity contribution in [3.8, 4) is 0 Å². The summed E-state index contributed by atoms with van der Waals surface area (Å²) < 4.78 is 37.2. The molecule has 22 heavy (non-hydrogen) atoms. The molecule has 3 rings (SSSR count). The van der Waals surface area contributed by atoms with E-state index in [-0.39, 0.29) is 15.7 Å². The Bertz CT molecular complexity index is 642. The number of nitrogens with zero attached hydrogens (tertiary/aromatic N) is 1. The number of hydrogen-bond acceptors (Lipinski definition) is 2. The molecule has 122 valence electrons. The lowest BCUT2D eigenvalue weighted by molar-refractivity contribution is -0.137. The highest BCUT2D eigenvalue weighted by Gasteiger charge is 2.80. The maximum atomic E-state index is 12.7. The zero-order valence-electron chi connectivity index (χ0n) is 10.8. The number of nitrogens with one attached hydrogen (secondary N) is 1. The summed E-state index contributed by atoms with van der Waals surface area (Å²) in [5.74, 6) is 0. The Morgan fingerprint density at radius 3 is 1.95 bits per heavy atom. The molecule has 10 heteroatoms. The predicted molar refractivity (Wildman–Crippen MR) is 82.8 cm³/mol. The van der Waals surface area contributed by atoms with E-state index in [9.17, 15) is 13.2 Å². The van der Waals surface area contributed by atoms with Gasteiger partial charge in [0.15, 0.2) is 0 Å². The Morgan fingerprint density at radius 2 is 1.59 bits per heavy atom. The zero-order chi connectivity index (χ0) is 16.7. The third-order valence-electron chi connectivity index (χ3n) is 4.07. The van der Waals surface area contributed by atoms with Crippen molar-refractivity contribution >= 4 is 63.7 Å². The highest BCUT2D eigenvalue weighted by atomic mass is 35.5. The summed E-state index contributed by atoms with van der Waals surface area (Å²) in [4.78, 5) is 0. The molecule has 1 N–H and O–H groups in total. The molecule has 2 aliphatic rings. The zero-order valence-corrected chi connectivity index (χ0v) is 14.6. The standard InChI is InChI=1S/C12H8Cl5F3N2/c1-9(4-10(9,15)16)12(17)21-22(12)8-6(13)2-5(3-7(8)14)11(18,19)20/h2-3,21H,4H2,1H3. The van der Waals surface area contributed by atoms with Gasteiger partial charge < -0.3 is 0 Å². The second-order valence-electron chi connectivity index (χ2n) is 5.57. The van der Waals surface area contributed by atoms with E-state index in [1.54, 1.807) is 6.92 Å². The van der Waals surface area contributed by atoms with E-state index in [1.165, 1.54) is 5.01 Å². The fourth-order valence-corrected chi connectivity index (χ4v) is 4.36. The molecule has 0 bridgehead atoms. The highest BCUT2D eigenvalue weighted by molar-refractivity contribution is 6.52. The smallest absolute Gasteiger partial charge is 0.266 e. The summed E-state index contributed by atoms with van der Waals surface area (Å²) >= 11 is 30.5. The van der Waals surface area contributed by atoms with Crippen LogP contribution >= 0.6 is 58.0 Å². The summed E-state index contributed by atoms with van der Waals surface area (Å²) in [6.07, 6.45) is -4.12. The van der Waals surface area contributed by atoms with Crippen molar-refractivity contribution < 1.29 is 13.2 Å². The van der Waals surface area contributed by atoms with Crippen molar-refractivity contribution in [2.45, 2.75) is 29.0 Å². The van der Waals surface area contributed by atoms with Crippen LogP contribution in [0.3, 0.4) is 0 Å². The van der Waals surface area contributed by atoms with Gasteiger partial charge in [-0.05, 0) is 18.6 Å². The first-order chi connectivity index (χ1) is 9.83. The van der Waals surface area contributed by atoms with E-state index in [0.29, 0.717) is 6.42 Å². The lowest BCUT2D eigenvalue weighted by Crippen LogP contribution is -2.28. The number of hydrogen-bond donors (Lipinski definition) is 1. The van der Waals surface area contributed by atoms with Gasteiger partial charge in [-0.2, -0.15) is 18.6 Å². The number of alkyl halides is 6. The first-order valence-electron chi connectivity index (χ1n) is 6.04. The fraction of sp³-hybridized carbons (Fsp3) is 0.500. The van der Waals surface area contributed by atoms with Crippen LogP contribution < -0.4 is 10.4 Å². The van der Waals surface area contributed by atoms with Crippen LogP contribution in [0.2, 0.25) is 10.0 Å². The summed E-state index contributed by atoms with van der Waals surface area (Å²) in [6.45, 7) is 1.76. The van der Waals surface area contributed by atoms with Crippen LogP contribution in [0.4, 0.5) is 18.9 Å². The number of benzene rings is 1. The average Bonchev–Trinajstić information content (AvgIpc) is 3.14. The van der Waals surface area contributed by atoms with Crippen molar-refractivity contribution in [2.24, 2.45) is 5.41 Å². The molecule has 0 amide bonds. The molecule has 1 aromatic rings. The van der Waals surface area contributed by atoms with Gasteiger partial charge in [-0.15, -0.1) is 23.2 Å². The third-order valence-corrected chi connectivity index (χ3v) is 6.42. The molecule has 1 heterocycles. The molecule has 0 spiro atoms. The van der Waals surface area contributed by atoms with E-state index in [1.807, 2.05) is 0 Å². The highest BCUT2D eigenvalue weighted by Crippen LogP contribution is 2.73. The van der Waals surface area contributed by atoms with Crippen molar-refractivity contribution in [1.82, 2.24) is 5.43 Å². The van der Waals surface area contributed by atoms with E-state index in [0.717, 1.165) is 12.1 Å². The van der Waals surface area contributed by atoms with Crippen molar-refractivity contribution in [1.29, 1.82) is 0 Å². The number of halogens is 8. The quantitative estimate of drug-likeness (QED) is 0.375. The summed E-state index contributed by atoms with van der Waals surface area (Å²) in [6, 6.07) is 1.59. The van der Waals surface area contributed by atoms with Crippen LogP contribution in [0.5, 0.6) is 0 Å². The minimum Gasteiger partial charge on any atom is -0.266 e. The molecule has 0 aromatic heterocycles. The minimum atomic E-state index is -4.54. The number of hydrazine groups is 1. The van der Waals surface area contributed by atoms with Gasteiger partial charge in [0.1, 0.15) is 4.33 Å². The van der Waals surface area contributed by atoms with Gasteiger partial charge >= 0.3 is 6.18 Å². The second-order valence-corrected chi connectivity index (χ2v) is 8.41. The van der Waals surface area contributed by atoms with Crippen LogP contribution in [0.1, 0.15) is 18.9 Å². The topological polar surface area (TPSA) is 25.0 Å². The maximum absolute atomic E-state index is 12.7. The summed E-state index contributed by atoms with van der Waals surface area (Å²) in [7, 11) is 0. The minimum absolute atomic E-state index is 0.156. The molecule has 1 aliphatic heterocycles. The molecular formula is C12H8Cl5F3N2. The van der Waals surface area contributed by atoms with Crippen molar-refractivity contribution in [3.63, 3.8) is 0 Å². The van der Waals surface area contributed by atoms with Gasteiger partial charge in [0.05, 0.1) is 26.7 Å². The second kappa shape index (κ2) is 4.64. The van der Waals surface area contributed by atoms with Gasteiger partial charge in [-0.25, -0.2) is 0 Å². The molecule has 1 saturated heterocycles. The van der Waals surface area contributed by atoms with Crippen LogP contribution in [-0.4, -0.2) is 9.46 Å². The lowest BCUT2D eigenvalue weighted by Gasteiger charge is -2.19. The fourth-order valence-electron chi connectivity index (χ4n) is 2.41. The van der Waals surface area contributed by atoms with E-state index < -0.39 is 26.6 Å².